The van der Waals surface area contributed by atoms with Gasteiger partial charge in [-0.1, -0.05) is 12.1 Å². The number of hydrogen-bond donors (Lipinski definition) is 1. The zero-order valence-corrected chi connectivity index (χ0v) is 13.2. The van der Waals surface area contributed by atoms with Crippen LogP contribution in [-0.2, 0) is 11.3 Å². The SMILES string of the molecule is CC(C)NC(=O)N1C[C@@H](F)[C@@H](OCc2nc3ccccc3o2)C1. The number of oxazole rings is 1. The number of carbonyl (C=O) groups excluding carboxylic acids is 1. The third-order valence-electron chi connectivity index (χ3n) is 3.66. The van der Waals surface area contributed by atoms with Crippen LogP contribution in [0.15, 0.2) is 28.7 Å². The van der Waals surface area contributed by atoms with Crippen molar-refractivity contribution < 1.29 is 18.3 Å². The molecule has 6 nitrogen and oxygen atoms in total. The van der Waals surface area contributed by atoms with E-state index in [0.717, 1.165) is 5.52 Å². The first-order valence-electron chi connectivity index (χ1n) is 7.68. The highest BCUT2D eigenvalue weighted by molar-refractivity contribution is 5.75. The number of amides is 2. The summed E-state index contributed by atoms with van der Waals surface area (Å²) in [7, 11) is 0. The number of nitrogens with one attached hydrogen (secondary N) is 1. The van der Waals surface area contributed by atoms with Crippen LogP contribution < -0.4 is 5.32 Å². The molecular weight excluding hydrogens is 301 g/mol. The van der Waals surface area contributed by atoms with Crippen molar-refractivity contribution in [1.82, 2.24) is 15.2 Å². The number of hydrogen-bond acceptors (Lipinski definition) is 4. The molecular formula is C16H20FN3O3. The van der Waals surface area contributed by atoms with Gasteiger partial charge in [-0.05, 0) is 26.0 Å². The van der Waals surface area contributed by atoms with Crippen LogP contribution in [0.5, 0.6) is 0 Å². The number of alkyl halides is 1. The van der Waals surface area contributed by atoms with Crippen LogP contribution in [0, 0.1) is 0 Å². The summed E-state index contributed by atoms with van der Waals surface area (Å²) in [5, 5.41) is 2.75. The van der Waals surface area contributed by atoms with E-state index in [2.05, 4.69) is 10.3 Å². The number of halogens is 1. The lowest BCUT2D eigenvalue weighted by atomic mass is 10.3. The Labute approximate surface area is 133 Å². The number of ether oxygens (including phenoxy) is 1. The molecule has 0 aliphatic carbocycles. The summed E-state index contributed by atoms with van der Waals surface area (Å²) in [5.74, 6) is 0.406. The van der Waals surface area contributed by atoms with Gasteiger partial charge in [0, 0.05) is 6.04 Å². The Morgan fingerprint density at radius 2 is 2.26 bits per heavy atom. The lowest BCUT2D eigenvalue weighted by molar-refractivity contribution is 0.00324. The lowest BCUT2D eigenvalue weighted by Gasteiger charge is -2.18. The molecule has 0 saturated carbocycles. The van der Waals surface area contributed by atoms with E-state index in [9.17, 15) is 9.18 Å². The van der Waals surface area contributed by atoms with E-state index in [1.807, 2.05) is 38.1 Å². The van der Waals surface area contributed by atoms with Crippen LogP contribution in [0.3, 0.4) is 0 Å². The molecule has 1 aromatic carbocycles. The van der Waals surface area contributed by atoms with Gasteiger partial charge in [0.1, 0.15) is 24.4 Å². The quantitative estimate of drug-likeness (QED) is 0.939. The number of benzene rings is 1. The van der Waals surface area contributed by atoms with E-state index >= 15 is 0 Å². The van der Waals surface area contributed by atoms with Crippen molar-refractivity contribution in [2.24, 2.45) is 0 Å². The Morgan fingerprint density at radius 3 is 3.00 bits per heavy atom. The Balaban J connectivity index is 1.56. The summed E-state index contributed by atoms with van der Waals surface area (Å²) in [5.41, 5.74) is 1.42. The third-order valence-corrected chi connectivity index (χ3v) is 3.66. The van der Waals surface area contributed by atoms with E-state index in [1.165, 1.54) is 4.90 Å². The Morgan fingerprint density at radius 1 is 1.48 bits per heavy atom. The maximum Gasteiger partial charge on any atom is 0.317 e. The second-order valence-corrected chi connectivity index (χ2v) is 5.95. The largest absolute Gasteiger partial charge is 0.438 e. The zero-order chi connectivity index (χ0) is 16.4. The summed E-state index contributed by atoms with van der Waals surface area (Å²) >= 11 is 0. The second-order valence-electron chi connectivity index (χ2n) is 5.95. The number of aromatic nitrogens is 1. The average molecular weight is 321 g/mol. The number of nitrogens with zero attached hydrogens (tertiary/aromatic N) is 2. The molecule has 0 unspecified atom stereocenters. The molecule has 2 atom stereocenters. The minimum Gasteiger partial charge on any atom is -0.438 e. The first-order chi connectivity index (χ1) is 11.0. The molecule has 124 valence electrons. The molecule has 2 aromatic rings. The molecule has 0 spiro atoms. The first kappa shape index (κ1) is 15.7. The fourth-order valence-corrected chi connectivity index (χ4v) is 2.56. The predicted molar refractivity (Wildman–Crippen MR) is 82.7 cm³/mol. The van der Waals surface area contributed by atoms with Crippen LogP contribution in [0.4, 0.5) is 9.18 Å². The summed E-state index contributed by atoms with van der Waals surface area (Å²) < 4.78 is 25.1. The van der Waals surface area contributed by atoms with Gasteiger partial charge in [-0.15, -0.1) is 0 Å². The monoisotopic (exact) mass is 321 g/mol. The fraction of sp³-hybridized carbons (Fsp3) is 0.500. The minimum absolute atomic E-state index is 0.0141. The number of likely N-dealkylation sites (tertiary alicyclic amines) is 1. The molecule has 1 N–H and O–H groups in total. The summed E-state index contributed by atoms with van der Waals surface area (Å²) in [6, 6.07) is 7.13. The van der Waals surface area contributed by atoms with Gasteiger partial charge in [-0.2, -0.15) is 0 Å². The van der Waals surface area contributed by atoms with Crippen molar-refractivity contribution in [1.29, 1.82) is 0 Å². The molecule has 1 aliphatic heterocycles. The molecule has 2 amide bonds. The van der Waals surface area contributed by atoms with Crippen LogP contribution in [0.2, 0.25) is 0 Å². The third kappa shape index (κ3) is 3.61. The summed E-state index contributed by atoms with van der Waals surface area (Å²) in [6.45, 7) is 4.07. The molecule has 3 rings (SSSR count). The zero-order valence-electron chi connectivity index (χ0n) is 13.2. The van der Waals surface area contributed by atoms with E-state index in [1.54, 1.807) is 0 Å². The Bertz CT molecular complexity index is 655. The Hall–Kier alpha value is -2.15. The normalized spacial score (nSPS) is 21.3. The fourth-order valence-electron chi connectivity index (χ4n) is 2.56. The predicted octanol–water partition coefficient (Wildman–Crippen LogP) is 2.48. The maximum absolute atomic E-state index is 14.0. The number of fused-ring (bicyclic) bond motifs is 1. The first-order valence-corrected chi connectivity index (χ1v) is 7.68. The van der Waals surface area contributed by atoms with Gasteiger partial charge >= 0.3 is 6.03 Å². The van der Waals surface area contributed by atoms with Crippen LogP contribution in [0.25, 0.3) is 11.1 Å². The van der Waals surface area contributed by atoms with Crippen LogP contribution in [-0.4, -0.2) is 47.3 Å². The number of rotatable bonds is 4. The lowest BCUT2D eigenvalue weighted by Crippen LogP contribution is -2.42. The van der Waals surface area contributed by atoms with Crippen molar-refractivity contribution in [3.05, 3.63) is 30.2 Å². The summed E-state index contributed by atoms with van der Waals surface area (Å²) in [6.07, 6.45) is -1.87. The Kier molecular flexibility index (Phi) is 4.47. The molecule has 1 aliphatic rings. The van der Waals surface area contributed by atoms with Gasteiger partial charge in [-0.25, -0.2) is 14.2 Å². The van der Waals surface area contributed by atoms with Crippen molar-refractivity contribution in [3.8, 4) is 0 Å². The van der Waals surface area contributed by atoms with Crippen molar-refractivity contribution in [3.63, 3.8) is 0 Å². The molecule has 1 fully saturated rings. The van der Waals surface area contributed by atoms with Gasteiger partial charge < -0.3 is 19.4 Å². The molecule has 1 aromatic heterocycles. The van der Waals surface area contributed by atoms with Crippen LogP contribution >= 0.6 is 0 Å². The molecule has 7 heteroatoms. The van der Waals surface area contributed by atoms with Crippen molar-refractivity contribution in [2.45, 2.75) is 38.8 Å². The second kappa shape index (κ2) is 6.54. The number of para-hydroxylation sites is 2. The highest BCUT2D eigenvalue weighted by Crippen LogP contribution is 2.20. The van der Waals surface area contributed by atoms with Gasteiger partial charge in [0.25, 0.3) is 0 Å². The van der Waals surface area contributed by atoms with Crippen molar-refractivity contribution in [2.75, 3.05) is 13.1 Å². The molecule has 0 bridgehead atoms. The van der Waals surface area contributed by atoms with Gasteiger partial charge in [-0.3, -0.25) is 0 Å². The molecule has 0 radical (unpaired) electrons. The van der Waals surface area contributed by atoms with Crippen molar-refractivity contribution >= 4 is 17.1 Å². The highest BCUT2D eigenvalue weighted by Gasteiger charge is 2.36. The molecule has 23 heavy (non-hydrogen) atoms. The topological polar surface area (TPSA) is 67.6 Å². The highest BCUT2D eigenvalue weighted by atomic mass is 19.1. The van der Waals surface area contributed by atoms with Gasteiger partial charge in [0.2, 0.25) is 5.89 Å². The standard InChI is InChI=1S/C16H20FN3O3/c1-10(2)18-16(21)20-7-11(17)14(8-20)22-9-15-19-12-5-3-4-6-13(12)23-15/h3-6,10-11,14H,7-9H2,1-2H3,(H,18,21)/t11-,14+/m1/s1. The van der Waals surface area contributed by atoms with E-state index in [4.69, 9.17) is 9.15 Å². The van der Waals surface area contributed by atoms with E-state index in [0.29, 0.717) is 11.5 Å². The smallest absolute Gasteiger partial charge is 0.317 e. The molecule has 1 saturated heterocycles. The van der Waals surface area contributed by atoms with E-state index < -0.39 is 12.3 Å². The number of carbonyl (C=O) groups is 1. The summed E-state index contributed by atoms with van der Waals surface area (Å²) in [4.78, 5) is 17.6. The van der Waals surface area contributed by atoms with Gasteiger partial charge in [0.15, 0.2) is 5.58 Å². The van der Waals surface area contributed by atoms with Crippen LogP contribution in [0.1, 0.15) is 19.7 Å². The minimum atomic E-state index is -1.21. The molecule has 2 heterocycles. The maximum atomic E-state index is 14.0. The van der Waals surface area contributed by atoms with E-state index in [-0.39, 0.29) is 31.8 Å². The number of urea groups is 1. The average Bonchev–Trinajstić information content (AvgIpc) is 3.07. The van der Waals surface area contributed by atoms with Gasteiger partial charge in [0.05, 0.1) is 13.1 Å².